The number of likely N-dealkylation sites (tertiary alicyclic amines) is 1. The maximum absolute atomic E-state index is 14.1. The van der Waals surface area contributed by atoms with Gasteiger partial charge in [0.2, 0.25) is 0 Å². The molecule has 0 aromatic carbocycles. The number of nitrogens with zero attached hydrogens (tertiary/aromatic N) is 2. The molecule has 1 aliphatic heterocycles. The minimum Gasteiger partial charge on any atom is -0.300 e. The third kappa shape index (κ3) is 3.70. The molecule has 1 rings (SSSR count). The van der Waals surface area contributed by atoms with Gasteiger partial charge >= 0.3 is 0 Å². The van der Waals surface area contributed by atoms with Crippen molar-refractivity contribution in [1.29, 1.82) is 0 Å². The fraction of sp³-hybridized carbons (Fsp3) is 1.00. The molecular weight excluding hydrogens is 203 g/mol. The van der Waals surface area contributed by atoms with E-state index in [4.69, 9.17) is 0 Å². The molecule has 0 aromatic heterocycles. The van der Waals surface area contributed by atoms with E-state index in [0.29, 0.717) is 18.5 Å². The van der Waals surface area contributed by atoms with Gasteiger partial charge in [0.1, 0.15) is 6.17 Å². The second kappa shape index (κ2) is 5.97. The molecule has 1 heterocycles. The van der Waals surface area contributed by atoms with Crippen LogP contribution in [0.25, 0.3) is 0 Å². The standard InChI is InChI=1S/C13H27FN2/c1-10(2)8-15(5)13-6-7-16(11(3)4)9-12(13)14/h10-13H,6-9H2,1-5H3/t12-,13?/m1/s1. The molecule has 1 fully saturated rings. The van der Waals surface area contributed by atoms with Crippen molar-refractivity contribution in [3.05, 3.63) is 0 Å². The predicted octanol–water partition coefficient (Wildman–Crippen LogP) is 2.40. The van der Waals surface area contributed by atoms with Crippen molar-refractivity contribution in [2.75, 3.05) is 26.7 Å². The highest BCUT2D eigenvalue weighted by atomic mass is 19.1. The molecule has 1 saturated heterocycles. The molecule has 0 aliphatic carbocycles. The van der Waals surface area contributed by atoms with Gasteiger partial charge in [-0.05, 0) is 33.2 Å². The largest absolute Gasteiger partial charge is 0.300 e. The first-order valence-corrected chi connectivity index (χ1v) is 6.50. The predicted molar refractivity (Wildman–Crippen MR) is 67.5 cm³/mol. The van der Waals surface area contributed by atoms with Crippen LogP contribution in [-0.2, 0) is 0 Å². The molecule has 0 radical (unpaired) electrons. The monoisotopic (exact) mass is 230 g/mol. The smallest absolute Gasteiger partial charge is 0.128 e. The average Bonchev–Trinajstić information content (AvgIpc) is 2.15. The second-order valence-electron chi connectivity index (χ2n) is 5.79. The van der Waals surface area contributed by atoms with Gasteiger partial charge in [0.25, 0.3) is 0 Å². The van der Waals surface area contributed by atoms with Crippen LogP contribution < -0.4 is 0 Å². The van der Waals surface area contributed by atoms with E-state index in [2.05, 4.69) is 44.5 Å². The topological polar surface area (TPSA) is 6.48 Å². The van der Waals surface area contributed by atoms with Gasteiger partial charge in [-0.3, -0.25) is 4.90 Å². The summed E-state index contributed by atoms with van der Waals surface area (Å²) in [6, 6.07) is 0.590. The Kier molecular flexibility index (Phi) is 5.19. The zero-order valence-corrected chi connectivity index (χ0v) is 11.4. The van der Waals surface area contributed by atoms with E-state index in [9.17, 15) is 4.39 Å². The lowest BCUT2D eigenvalue weighted by molar-refractivity contribution is 0.0295. The summed E-state index contributed by atoms with van der Waals surface area (Å²) in [5.74, 6) is 0.611. The second-order valence-corrected chi connectivity index (χ2v) is 5.79. The Labute approximate surface area is 99.8 Å². The van der Waals surface area contributed by atoms with Crippen molar-refractivity contribution in [2.24, 2.45) is 5.92 Å². The Morgan fingerprint density at radius 2 is 1.94 bits per heavy atom. The summed E-state index contributed by atoms with van der Waals surface area (Å²) in [7, 11) is 2.06. The van der Waals surface area contributed by atoms with Crippen LogP contribution in [0.4, 0.5) is 4.39 Å². The van der Waals surface area contributed by atoms with Gasteiger partial charge < -0.3 is 4.90 Å². The summed E-state index contributed by atoms with van der Waals surface area (Å²) in [6.45, 7) is 11.3. The Balaban J connectivity index is 2.46. The van der Waals surface area contributed by atoms with Crippen LogP contribution >= 0.6 is 0 Å². The van der Waals surface area contributed by atoms with E-state index in [-0.39, 0.29) is 6.04 Å². The molecule has 0 bridgehead atoms. The summed E-state index contributed by atoms with van der Waals surface area (Å²) in [4.78, 5) is 4.44. The first-order valence-electron chi connectivity index (χ1n) is 6.50. The third-order valence-corrected chi connectivity index (χ3v) is 3.49. The van der Waals surface area contributed by atoms with Crippen molar-refractivity contribution in [1.82, 2.24) is 9.80 Å². The number of piperidine rings is 1. The van der Waals surface area contributed by atoms with Gasteiger partial charge in [0.05, 0.1) is 0 Å². The molecule has 0 spiro atoms. The van der Waals surface area contributed by atoms with Gasteiger partial charge in [-0.25, -0.2) is 4.39 Å². The van der Waals surface area contributed by atoms with Gasteiger partial charge in [-0.2, -0.15) is 0 Å². The number of halogens is 1. The van der Waals surface area contributed by atoms with E-state index < -0.39 is 6.17 Å². The van der Waals surface area contributed by atoms with Gasteiger partial charge in [0, 0.05) is 31.7 Å². The minimum atomic E-state index is -0.695. The first kappa shape index (κ1) is 13.9. The highest BCUT2D eigenvalue weighted by molar-refractivity contribution is 4.87. The number of hydrogen-bond donors (Lipinski definition) is 0. The molecule has 16 heavy (non-hydrogen) atoms. The Bertz CT molecular complexity index is 206. The van der Waals surface area contributed by atoms with E-state index in [0.717, 1.165) is 19.5 Å². The molecule has 1 aliphatic rings. The minimum absolute atomic E-state index is 0.123. The van der Waals surface area contributed by atoms with Crippen molar-refractivity contribution in [2.45, 2.75) is 52.4 Å². The van der Waals surface area contributed by atoms with Crippen LogP contribution in [0.5, 0.6) is 0 Å². The lowest BCUT2D eigenvalue weighted by atomic mass is 9.99. The molecular formula is C13H27FN2. The fourth-order valence-corrected chi connectivity index (χ4v) is 2.59. The Hall–Kier alpha value is -0.150. The van der Waals surface area contributed by atoms with Crippen LogP contribution in [0.15, 0.2) is 0 Å². The SMILES string of the molecule is CC(C)CN(C)C1CCN(C(C)C)C[C@H]1F. The molecule has 2 nitrogen and oxygen atoms in total. The molecule has 0 saturated carbocycles. The summed E-state index contributed by atoms with van der Waals surface area (Å²) in [5, 5.41) is 0. The molecule has 3 heteroatoms. The fourth-order valence-electron chi connectivity index (χ4n) is 2.59. The molecule has 1 unspecified atom stereocenters. The van der Waals surface area contributed by atoms with E-state index in [1.54, 1.807) is 0 Å². The summed E-state index contributed by atoms with van der Waals surface area (Å²) in [6.07, 6.45) is 0.266. The highest BCUT2D eigenvalue weighted by Gasteiger charge is 2.32. The summed E-state index contributed by atoms with van der Waals surface area (Å²) in [5.41, 5.74) is 0. The zero-order chi connectivity index (χ0) is 12.3. The van der Waals surface area contributed by atoms with E-state index in [1.165, 1.54) is 0 Å². The Morgan fingerprint density at radius 3 is 2.38 bits per heavy atom. The van der Waals surface area contributed by atoms with Crippen molar-refractivity contribution >= 4 is 0 Å². The first-order chi connectivity index (χ1) is 7.41. The molecule has 0 amide bonds. The van der Waals surface area contributed by atoms with Gasteiger partial charge in [-0.1, -0.05) is 13.8 Å². The van der Waals surface area contributed by atoms with Gasteiger partial charge in [0.15, 0.2) is 0 Å². The number of rotatable bonds is 4. The van der Waals surface area contributed by atoms with E-state index in [1.807, 2.05) is 0 Å². The number of hydrogen-bond acceptors (Lipinski definition) is 2. The molecule has 96 valence electrons. The van der Waals surface area contributed by atoms with Gasteiger partial charge in [-0.15, -0.1) is 0 Å². The van der Waals surface area contributed by atoms with Crippen molar-refractivity contribution in [3.63, 3.8) is 0 Å². The quantitative estimate of drug-likeness (QED) is 0.732. The van der Waals surface area contributed by atoms with Crippen LogP contribution in [0.3, 0.4) is 0 Å². The Morgan fingerprint density at radius 1 is 1.31 bits per heavy atom. The average molecular weight is 230 g/mol. The third-order valence-electron chi connectivity index (χ3n) is 3.49. The lowest BCUT2D eigenvalue weighted by Crippen LogP contribution is -2.53. The highest BCUT2D eigenvalue weighted by Crippen LogP contribution is 2.20. The molecule has 0 N–H and O–H groups in total. The van der Waals surface area contributed by atoms with Crippen LogP contribution in [0.1, 0.15) is 34.1 Å². The van der Waals surface area contributed by atoms with Crippen LogP contribution in [-0.4, -0.2) is 54.7 Å². The lowest BCUT2D eigenvalue weighted by Gasteiger charge is -2.41. The molecule has 0 aromatic rings. The normalized spacial score (nSPS) is 28.3. The van der Waals surface area contributed by atoms with Crippen molar-refractivity contribution in [3.8, 4) is 0 Å². The summed E-state index contributed by atoms with van der Waals surface area (Å²) < 4.78 is 14.1. The van der Waals surface area contributed by atoms with Crippen molar-refractivity contribution < 1.29 is 4.39 Å². The van der Waals surface area contributed by atoms with E-state index >= 15 is 0 Å². The molecule has 2 atom stereocenters. The summed E-state index contributed by atoms with van der Waals surface area (Å²) >= 11 is 0. The maximum Gasteiger partial charge on any atom is 0.128 e. The van der Waals surface area contributed by atoms with Crippen LogP contribution in [0, 0.1) is 5.92 Å². The maximum atomic E-state index is 14.1. The van der Waals surface area contributed by atoms with Crippen LogP contribution in [0.2, 0.25) is 0 Å². The number of alkyl halides is 1. The zero-order valence-electron chi connectivity index (χ0n) is 11.4.